The Morgan fingerprint density at radius 3 is 2.48 bits per heavy atom. The average Bonchev–Trinajstić information content (AvgIpc) is 2.71. The van der Waals surface area contributed by atoms with E-state index in [4.69, 9.17) is 17.0 Å². The van der Waals surface area contributed by atoms with Gasteiger partial charge in [0.05, 0.1) is 0 Å². The maximum absolute atomic E-state index is 11.6. The SMILES string of the molecule is CCC(=O)c1ccc(OCC(O)CNC(=S)NCCc2ccccc2)cc1. The fourth-order valence-electron chi connectivity index (χ4n) is 2.43. The molecule has 2 rings (SSSR count). The summed E-state index contributed by atoms with van der Waals surface area (Å²) in [7, 11) is 0. The molecule has 0 spiro atoms. The predicted molar refractivity (Wildman–Crippen MR) is 111 cm³/mol. The molecule has 0 aliphatic rings. The smallest absolute Gasteiger partial charge is 0.166 e. The van der Waals surface area contributed by atoms with Gasteiger partial charge < -0.3 is 20.5 Å². The van der Waals surface area contributed by atoms with Crippen LogP contribution in [-0.4, -0.2) is 41.8 Å². The second-order valence-corrected chi connectivity index (χ2v) is 6.55. The minimum absolute atomic E-state index is 0.0964. The fourth-order valence-corrected chi connectivity index (χ4v) is 2.62. The van der Waals surface area contributed by atoms with E-state index in [0.717, 1.165) is 13.0 Å². The van der Waals surface area contributed by atoms with Crippen LogP contribution in [0.1, 0.15) is 29.3 Å². The van der Waals surface area contributed by atoms with Gasteiger partial charge in [0.1, 0.15) is 18.5 Å². The molecule has 0 saturated carbocycles. The van der Waals surface area contributed by atoms with Crippen molar-refractivity contribution in [3.63, 3.8) is 0 Å². The van der Waals surface area contributed by atoms with Crippen LogP contribution >= 0.6 is 12.2 Å². The lowest BCUT2D eigenvalue weighted by molar-refractivity contribution is 0.0987. The zero-order chi connectivity index (χ0) is 19.5. The quantitative estimate of drug-likeness (QED) is 0.431. The minimum Gasteiger partial charge on any atom is -0.491 e. The number of aliphatic hydroxyl groups excluding tert-OH is 1. The van der Waals surface area contributed by atoms with E-state index in [2.05, 4.69) is 22.8 Å². The number of hydrogen-bond acceptors (Lipinski definition) is 4. The van der Waals surface area contributed by atoms with E-state index in [9.17, 15) is 9.90 Å². The Bertz CT molecular complexity index is 720. The van der Waals surface area contributed by atoms with E-state index in [0.29, 0.717) is 29.4 Å². The lowest BCUT2D eigenvalue weighted by Gasteiger charge is -2.15. The van der Waals surface area contributed by atoms with Gasteiger partial charge in [-0.1, -0.05) is 37.3 Å². The summed E-state index contributed by atoms with van der Waals surface area (Å²) in [5.74, 6) is 0.712. The zero-order valence-corrected chi connectivity index (χ0v) is 16.3. The molecular formula is C21H26N2O3S. The third-order valence-corrected chi connectivity index (χ3v) is 4.27. The highest BCUT2D eigenvalue weighted by Gasteiger charge is 2.07. The topological polar surface area (TPSA) is 70.6 Å². The van der Waals surface area contributed by atoms with Crippen LogP contribution in [0.15, 0.2) is 54.6 Å². The van der Waals surface area contributed by atoms with E-state index in [1.54, 1.807) is 24.3 Å². The highest BCUT2D eigenvalue weighted by atomic mass is 32.1. The number of carbonyl (C=O) groups is 1. The van der Waals surface area contributed by atoms with Crippen LogP contribution in [0.4, 0.5) is 0 Å². The highest BCUT2D eigenvalue weighted by Crippen LogP contribution is 2.13. The molecule has 0 aliphatic heterocycles. The predicted octanol–water partition coefficient (Wildman–Crippen LogP) is 2.73. The third kappa shape index (κ3) is 7.76. The first-order valence-corrected chi connectivity index (χ1v) is 9.49. The van der Waals surface area contributed by atoms with Crippen molar-refractivity contribution < 1.29 is 14.6 Å². The molecule has 0 aromatic heterocycles. The van der Waals surface area contributed by atoms with Gasteiger partial charge in [0.25, 0.3) is 0 Å². The van der Waals surface area contributed by atoms with Gasteiger partial charge in [-0.05, 0) is 48.5 Å². The first kappa shape index (κ1) is 20.9. The number of carbonyl (C=O) groups excluding carboxylic acids is 1. The standard InChI is InChI=1S/C21H26N2O3S/c1-2-20(25)17-8-10-19(11-9-17)26-15-18(24)14-23-21(27)22-13-12-16-6-4-3-5-7-16/h3-11,18,24H,2,12-15H2,1H3,(H2,22,23,27). The summed E-state index contributed by atoms with van der Waals surface area (Å²) in [5, 5.41) is 16.6. The number of ether oxygens (including phenoxy) is 1. The van der Waals surface area contributed by atoms with Gasteiger partial charge in [-0.3, -0.25) is 4.79 Å². The Balaban J connectivity index is 1.61. The maximum atomic E-state index is 11.6. The number of ketones is 1. The van der Waals surface area contributed by atoms with Gasteiger partial charge in [0, 0.05) is 25.1 Å². The van der Waals surface area contributed by atoms with E-state index < -0.39 is 6.10 Å². The first-order chi connectivity index (χ1) is 13.1. The van der Waals surface area contributed by atoms with Crippen molar-refractivity contribution in [3.8, 4) is 5.75 Å². The summed E-state index contributed by atoms with van der Waals surface area (Å²) < 4.78 is 5.54. The average molecular weight is 387 g/mol. The van der Waals surface area contributed by atoms with Crippen molar-refractivity contribution in [2.45, 2.75) is 25.9 Å². The Hall–Kier alpha value is -2.44. The molecule has 27 heavy (non-hydrogen) atoms. The molecule has 0 saturated heterocycles. The Morgan fingerprint density at radius 2 is 1.81 bits per heavy atom. The molecule has 0 aliphatic carbocycles. The van der Waals surface area contributed by atoms with E-state index in [1.807, 2.05) is 25.1 Å². The summed E-state index contributed by atoms with van der Waals surface area (Å²) in [6, 6.07) is 17.1. The molecule has 2 aromatic carbocycles. The molecule has 1 unspecified atom stereocenters. The largest absolute Gasteiger partial charge is 0.491 e. The van der Waals surface area contributed by atoms with Crippen LogP contribution in [0.5, 0.6) is 5.75 Å². The number of nitrogens with one attached hydrogen (secondary N) is 2. The number of Topliss-reactive ketones (excluding diaryl/α,β-unsaturated/α-hetero) is 1. The molecular weight excluding hydrogens is 360 g/mol. The molecule has 1 atom stereocenters. The number of rotatable bonds is 10. The fraction of sp³-hybridized carbons (Fsp3) is 0.333. The van der Waals surface area contributed by atoms with Crippen molar-refractivity contribution in [2.24, 2.45) is 0 Å². The Labute approximate surface area is 165 Å². The lowest BCUT2D eigenvalue weighted by atomic mass is 10.1. The number of aliphatic hydroxyl groups is 1. The molecule has 5 nitrogen and oxygen atoms in total. The molecule has 0 radical (unpaired) electrons. The van der Waals surface area contributed by atoms with Gasteiger partial charge in [-0.15, -0.1) is 0 Å². The molecule has 0 fully saturated rings. The van der Waals surface area contributed by atoms with E-state index >= 15 is 0 Å². The van der Waals surface area contributed by atoms with Gasteiger partial charge in [-0.25, -0.2) is 0 Å². The van der Waals surface area contributed by atoms with Gasteiger partial charge in [0.15, 0.2) is 10.9 Å². The molecule has 3 N–H and O–H groups in total. The molecule has 0 bridgehead atoms. The molecule has 0 heterocycles. The summed E-state index contributed by atoms with van der Waals surface area (Å²) in [6.07, 6.45) is 0.658. The van der Waals surface area contributed by atoms with Crippen molar-refractivity contribution in [1.29, 1.82) is 0 Å². The van der Waals surface area contributed by atoms with Gasteiger partial charge in [-0.2, -0.15) is 0 Å². The van der Waals surface area contributed by atoms with E-state index in [1.165, 1.54) is 5.56 Å². The first-order valence-electron chi connectivity index (χ1n) is 9.08. The second-order valence-electron chi connectivity index (χ2n) is 6.14. The van der Waals surface area contributed by atoms with Gasteiger partial charge >= 0.3 is 0 Å². The molecule has 2 aromatic rings. The Morgan fingerprint density at radius 1 is 1.11 bits per heavy atom. The second kappa shape index (κ2) is 11.3. The summed E-state index contributed by atoms with van der Waals surface area (Å²) in [6.45, 7) is 2.99. The number of thiocarbonyl (C=S) groups is 1. The zero-order valence-electron chi connectivity index (χ0n) is 15.5. The molecule has 6 heteroatoms. The van der Waals surface area contributed by atoms with E-state index in [-0.39, 0.29) is 12.4 Å². The molecule has 0 amide bonds. The van der Waals surface area contributed by atoms with Crippen molar-refractivity contribution in [3.05, 3.63) is 65.7 Å². The van der Waals surface area contributed by atoms with Crippen LogP contribution in [0, 0.1) is 0 Å². The van der Waals surface area contributed by atoms with Crippen LogP contribution in [0.3, 0.4) is 0 Å². The number of benzene rings is 2. The normalized spacial score (nSPS) is 11.5. The summed E-state index contributed by atoms with van der Waals surface area (Å²) in [5.41, 5.74) is 1.91. The van der Waals surface area contributed by atoms with Crippen LogP contribution < -0.4 is 15.4 Å². The lowest BCUT2D eigenvalue weighted by Crippen LogP contribution is -2.41. The summed E-state index contributed by atoms with van der Waals surface area (Å²) in [4.78, 5) is 11.6. The maximum Gasteiger partial charge on any atom is 0.166 e. The number of hydrogen-bond donors (Lipinski definition) is 3. The van der Waals surface area contributed by atoms with Crippen LogP contribution in [0.2, 0.25) is 0 Å². The highest BCUT2D eigenvalue weighted by molar-refractivity contribution is 7.80. The van der Waals surface area contributed by atoms with Crippen molar-refractivity contribution in [1.82, 2.24) is 10.6 Å². The molecule has 144 valence electrons. The van der Waals surface area contributed by atoms with Crippen LogP contribution in [-0.2, 0) is 6.42 Å². The van der Waals surface area contributed by atoms with Crippen molar-refractivity contribution in [2.75, 3.05) is 19.7 Å². The Kier molecular flexibility index (Phi) is 8.74. The third-order valence-electron chi connectivity index (χ3n) is 3.98. The summed E-state index contributed by atoms with van der Waals surface area (Å²) >= 11 is 5.21. The van der Waals surface area contributed by atoms with Crippen LogP contribution in [0.25, 0.3) is 0 Å². The van der Waals surface area contributed by atoms with Crippen molar-refractivity contribution >= 4 is 23.1 Å². The monoisotopic (exact) mass is 386 g/mol. The minimum atomic E-state index is -0.698. The van der Waals surface area contributed by atoms with Gasteiger partial charge in [0.2, 0.25) is 0 Å².